The fourth-order valence-corrected chi connectivity index (χ4v) is 2.05. The van der Waals surface area contributed by atoms with Crippen LogP contribution in [0.1, 0.15) is 23.6 Å². The van der Waals surface area contributed by atoms with E-state index in [0.29, 0.717) is 0 Å². The third-order valence-corrected chi connectivity index (χ3v) is 3.14. The molecule has 0 aliphatic carbocycles. The molecular weight excluding hydrogens is 222 g/mol. The normalized spacial score (nSPS) is 10.4. The number of hydrogen-bond acceptors (Lipinski definition) is 3. The largest absolute Gasteiger partial charge is 0.369 e. The summed E-state index contributed by atoms with van der Waals surface area (Å²) in [6.07, 6.45) is 3.46. The number of benzene rings is 1. The van der Waals surface area contributed by atoms with Gasteiger partial charge in [0.05, 0.1) is 0 Å². The van der Waals surface area contributed by atoms with Crippen molar-refractivity contribution in [2.24, 2.45) is 0 Å². The van der Waals surface area contributed by atoms with Crippen LogP contribution in [0.4, 0.5) is 5.82 Å². The first-order valence-corrected chi connectivity index (χ1v) is 6.26. The van der Waals surface area contributed by atoms with Crippen molar-refractivity contribution in [3.63, 3.8) is 0 Å². The smallest absolute Gasteiger partial charge is 0.152 e. The van der Waals surface area contributed by atoms with E-state index in [1.807, 2.05) is 0 Å². The summed E-state index contributed by atoms with van der Waals surface area (Å²) in [5, 5.41) is 3.26. The number of nitrogens with zero attached hydrogens (tertiary/aromatic N) is 2. The minimum atomic E-state index is 0.843. The van der Waals surface area contributed by atoms with Crippen molar-refractivity contribution >= 4 is 5.82 Å². The second-order valence-corrected chi connectivity index (χ2v) is 4.54. The molecule has 2 aromatic rings. The summed E-state index contributed by atoms with van der Waals surface area (Å²) >= 11 is 0. The molecule has 3 nitrogen and oxygen atoms in total. The lowest BCUT2D eigenvalue weighted by atomic mass is 9.98. The summed E-state index contributed by atoms with van der Waals surface area (Å²) in [7, 11) is 0. The van der Waals surface area contributed by atoms with Gasteiger partial charge >= 0.3 is 0 Å². The van der Waals surface area contributed by atoms with E-state index in [4.69, 9.17) is 0 Å². The van der Waals surface area contributed by atoms with Gasteiger partial charge in [0, 0.05) is 24.5 Å². The highest BCUT2D eigenvalue weighted by molar-refractivity contribution is 5.74. The SMILES string of the molecule is CCNc1nccnc1-c1cc(C)c(C)cc1C. The van der Waals surface area contributed by atoms with Crippen molar-refractivity contribution < 1.29 is 0 Å². The zero-order chi connectivity index (χ0) is 13.1. The summed E-state index contributed by atoms with van der Waals surface area (Å²) in [6, 6.07) is 4.39. The minimum Gasteiger partial charge on any atom is -0.369 e. The van der Waals surface area contributed by atoms with Gasteiger partial charge in [-0.15, -0.1) is 0 Å². The quantitative estimate of drug-likeness (QED) is 0.893. The number of nitrogens with one attached hydrogen (secondary N) is 1. The topological polar surface area (TPSA) is 37.8 Å². The summed E-state index contributed by atoms with van der Waals surface area (Å²) in [5.41, 5.74) is 5.91. The number of aromatic nitrogens is 2. The van der Waals surface area contributed by atoms with Gasteiger partial charge in [0.1, 0.15) is 5.69 Å². The van der Waals surface area contributed by atoms with Crippen LogP contribution in [0.25, 0.3) is 11.3 Å². The fraction of sp³-hybridized carbons (Fsp3) is 0.333. The molecule has 0 amide bonds. The molecule has 2 rings (SSSR count). The first-order chi connectivity index (χ1) is 8.63. The van der Waals surface area contributed by atoms with Crippen molar-refractivity contribution in [3.8, 4) is 11.3 Å². The van der Waals surface area contributed by atoms with Crippen LogP contribution in [-0.4, -0.2) is 16.5 Å². The van der Waals surface area contributed by atoms with Crippen LogP contribution in [0.5, 0.6) is 0 Å². The number of rotatable bonds is 3. The monoisotopic (exact) mass is 241 g/mol. The maximum absolute atomic E-state index is 4.47. The second-order valence-electron chi connectivity index (χ2n) is 4.54. The third kappa shape index (κ3) is 2.35. The van der Waals surface area contributed by atoms with E-state index >= 15 is 0 Å². The van der Waals surface area contributed by atoms with Crippen LogP contribution in [-0.2, 0) is 0 Å². The van der Waals surface area contributed by atoms with E-state index in [9.17, 15) is 0 Å². The summed E-state index contributed by atoms with van der Waals surface area (Å²) in [5.74, 6) is 0.853. The van der Waals surface area contributed by atoms with Gasteiger partial charge in [0.15, 0.2) is 5.82 Å². The maximum Gasteiger partial charge on any atom is 0.152 e. The van der Waals surface area contributed by atoms with Crippen molar-refractivity contribution in [1.82, 2.24) is 9.97 Å². The molecule has 0 unspecified atom stereocenters. The van der Waals surface area contributed by atoms with Gasteiger partial charge in [0.2, 0.25) is 0 Å². The molecule has 0 saturated heterocycles. The lowest BCUT2D eigenvalue weighted by molar-refractivity contribution is 1.12. The molecule has 1 aromatic heterocycles. The summed E-state index contributed by atoms with van der Waals surface area (Å²) < 4.78 is 0. The lowest BCUT2D eigenvalue weighted by Gasteiger charge is -2.12. The summed E-state index contributed by atoms with van der Waals surface area (Å²) in [4.78, 5) is 8.84. The highest BCUT2D eigenvalue weighted by Gasteiger charge is 2.10. The van der Waals surface area contributed by atoms with Gasteiger partial charge in [-0.2, -0.15) is 0 Å². The van der Waals surface area contributed by atoms with Gasteiger partial charge in [0.25, 0.3) is 0 Å². The number of anilines is 1. The highest BCUT2D eigenvalue weighted by atomic mass is 15.0. The van der Waals surface area contributed by atoms with Crippen molar-refractivity contribution in [2.75, 3.05) is 11.9 Å². The van der Waals surface area contributed by atoms with Crippen LogP contribution < -0.4 is 5.32 Å². The molecule has 1 heterocycles. The molecule has 0 spiro atoms. The molecule has 94 valence electrons. The zero-order valence-corrected chi connectivity index (χ0v) is 11.4. The van der Waals surface area contributed by atoms with Crippen LogP contribution in [0.3, 0.4) is 0 Å². The Bertz CT molecular complexity index is 562. The molecule has 0 aliphatic heterocycles. The van der Waals surface area contributed by atoms with E-state index < -0.39 is 0 Å². The van der Waals surface area contributed by atoms with Gasteiger partial charge in [-0.25, -0.2) is 4.98 Å². The Morgan fingerprint density at radius 2 is 1.61 bits per heavy atom. The zero-order valence-electron chi connectivity index (χ0n) is 11.4. The second kappa shape index (κ2) is 5.17. The Morgan fingerprint density at radius 3 is 2.33 bits per heavy atom. The molecule has 3 heteroatoms. The Labute approximate surface area is 108 Å². The molecule has 0 bridgehead atoms. The van der Waals surface area contributed by atoms with Crippen molar-refractivity contribution in [2.45, 2.75) is 27.7 Å². The average Bonchev–Trinajstić information content (AvgIpc) is 2.35. The van der Waals surface area contributed by atoms with Gasteiger partial charge < -0.3 is 5.32 Å². The molecule has 1 aromatic carbocycles. The minimum absolute atomic E-state index is 0.843. The number of hydrogen-bond donors (Lipinski definition) is 1. The first kappa shape index (κ1) is 12.6. The third-order valence-electron chi connectivity index (χ3n) is 3.14. The van der Waals surface area contributed by atoms with Crippen LogP contribution in [0.15, 0.2) is 24.5 Å². The molecule has 0 aliphatic rings. The Morgan fingerprint density at radius 1 is 0.944 bits per heavy atom. The Balaban J connectivity index is 2.58. The first-order valence-electron chi connectivity index (χ1n) is 6.26. The number of aryl methyl sites for hydroxylation is 3. The summed E-state index contributed by atoms with van der Waals surface area (Å²) in [6.45, 7) is 9.28. The van der Waals surface area contributed by atoms with Crippen LogP contribution >= 0.6 is 0 Å². The van der Waals surface area contributed by atoms with E-state index in [1.54, 1.807) is 12.4 Å². The molecule has 0 atom stereocenters. The fourth-order valence-electron chi connectivity index (χ4n) is 2.05. The molecule has 0 fully saturated rings. The Kier molecular flexibility index (Phi) is 3.60. The predicted octanol–water partition coefficient (Wildman–Crippen LogP) is 3.50. The van der Waals surface area contributed by atoms with E-state index in [-0.39, 0.29) is 0 Å². The van der Waals surface area contributed by atoms with E-state index in [2.05, 4.69) is 55.1 Å². The van der Waals surface area contributed by atoms with Gasteiger partial charge in [-0.05, 0) is 50.5 Å². The van der Waals surface area contributed by atoms with Crippen LogP contribution in [0.2, 0.25) is 0 Å². The standard InChI is InChI=1S/C15H19N3/c1-5-16-15-14(17-6-7-18-15)13-9-11(3)10(2)8-12(13)4/h6-9H,5H2,1-4H3,(H,16,18). The van der Waals surface area contributed by atoms with Gasteiger partial charge in [-0.1, -0.05) is 6.07 Å². The Hall–Kier alpha value is -1.90. The lowest BCUT2D eigenvalue weighted by Crippen LogP contribution is -2.03. The maximum atomic E-state index is 4.47. The van der Waals surface area contributed by atoms with Gasteiger partial charge in [-0.3, -0.25) is 4.98 Å². The molecule has 1 N–H and O–H groups in total. The van der Waals surface area contributed by atoms with E-state index in [1.165, 1.54) is 16.7 Å². The van der Waals surface area contributed by atoms with Crippen molar-refractivity contribution in [1.29, 1.82) is 0 Å². The molecule has 18 heavy (non-hydrogen) atoms. The molecular formula is C15H19N3. The van der Waals surface area contributed by atoms with Crippen molar-refractivity contribution in [3.05, 3.63) is 41.2 Å². The van der Waals surface area contributed by atoms with Crippen LogP contribution in [0, 0.1) is 20.8 Å². The molecule has 0 saturated carbocycles. The average molecular weight is 241 g/mol. The highest BCUT2D eigenvalue weighted by Crippen LogP contribution is 2.28. The van der Waals surface area contributed by atoms with E-state index in [0.717, 1.165) is 23.6 Å². The predicted molar refractivity (Wildman–Crippen MR) is 75.8 cm³/mol. The molecule has 0 radical (unpaired) electrons.